The van der Waals surface area contributed by atoms with E-state index in [0.717, 1.165) is 6.54 Å². The van der Waals surface area contributed by atoms with Crippen LogP contribution in [0.4, 0.5) is 11.6 Å². The summed E-state index contributed by atoms with van der Waals surface area (Å²) in [5.74, 6) is 0.309. The van der Waals surface area contributed by atoms with Crippen molar-refractivity contribution in [2.45, 2.75) is 37.9 Å². The Labute approximate surface area is 151 Å². The summed E-state index contributed by atoms with van der Waals surface area (Å²) in [7, 11) is 3.55. The van der Waals surface area contributed by atoms with Crippen molar-refractivity contribution in [1.29, 1.82) is 0 Å². The van der Waals surface area contributed by atoms with Gasteiger partial charge >= 0.3 is 0 Å². The zero-order valence-corrected chi connectivity index (χ0v) is 15.2. The lowest BCUT2D eigenvalue weighted by Crippen LogP contribution is -2.49. The molecule has 9 nitrogen and oxygen atoms in total. The first-order chi connectivity index (χ1) is 12.3. The van der Waals surface area contributed by atoms with Gasteiger partial charge < -0.3 is 24.4 Å². The van der Waals surface area contributed by atoms with Crippen molar-refractivity contribution >= 4 is 23.5 Å². The number of amides is 2. The summed E-state index contributed by atoms with van der Waals surface area (Å²) in [6.45, 7) is 4.78. The Morgan fingerprint density at radius 3 is 2.92 bits per heavy atom. The summed E-state index contributed by atoms with van der Waals surface area (Å²) in [5, 5.41) is 2.67. The molecule has 3 aliphatic heterocycles. The Kier molecular flexibility index (Phi) is 3.81. The number of likely N-dealkylation sites (N-methyl/N-ethyl adjacent to an activating group) is 2. The van der Waals surface area contributed by atoms with Gasteiger partial charge in [0, 0.05) is 14.1 Å². The summed E-state index contributed by atoms with van der Waals surface area (Å²) in [6.07, 6.45) is -1.43. The van der Waals surface area contributed by atoms with E-state index < -0.39 is 24.0 Å². The SMILES string of the molecule is CN1CCOc2ccc(N(C)C(=O)C3NC(=O)C4OC(C)(C)OC34)nc21. The second-order valence-electron chi connectivity index (χ2n) is 7.17. The maximum Gasteiger partial charge on any atom is 0.253 e. The lowest BCUT2D eigenvalue weighted by atomic mass is 10.1. The Morgan fingerprint density at radius 2 is 2.15 bits per heavy atom. The van der Waals surface area contributed by atoms with Crippen LogP contribution in [0.2, 0.25) is 0 Å². The van der Waals surface area contributed by atoms with Crippen molar-refractivity contribution < 1.29 is 23.8 Å². The fourth-order valence-corrected chi connectivity index (χ4v) is 3.47. The number of nitrogens with one attached hydrogen (secondary N) is 1. The molecule has 140 valence electrons. The van der Waals surface area contributed by atoms with Crippen molar-refractivity contribution in [3.05, 3.63) is 12.1 Å². The van der Waals surface area contributed by atoms with Gasteiger partial charge in [-0.1, -0.05) is 0 Å². The summed E-state index contributed by atoms with van der Waals surface area (Å²) in [6, 6.07) is 2.71. The average Bonchev–Trinajstić information content (AvgIpc) is 3.07. The molecule has 4 heterocycles. The second-order valence-corrected chi connectivity index (χ2v) is 7.17. The molecule has 2 saturated heterocycles. The molecule has 1 N–H and O–H groups in total. The van der Waals surface area contributed by atoms with E-state index in [9.17, 15) is 9.59 Å². The molecule has 4 rings (SSSR count). The number of nitrogens with zero attached hydrogens (tertiary/aromatic N) is 3. The Bertz CT molecular complexity index is 768. The van der Waals surface area contributed by atoms with E-state index >= 15 is 0 Å². The van der Waals surface area contributed by atoms with Crippen LogP contribution in [0, 0.1) is 0 Å². The van der Waals surface area contributed by atoms with Crippen LogP contribution in [0.3, 0.4) is 0 Å². The number of carbonyl (C=O) groups is 2. The molecule has 2 fully saturated rings. The number of hydrogen-bond acceptors (Lipinski definition) is 7. The lowest BCUT2D eigenvalue weighted by Gasteiger charge is -2.29. The molecule has 3 aliphatic rings. The highest BCUT2D eigenvalue weighted by Crippen LogP contribution is 2.35. The molecule has 0 spiro atoms. The number of aromatic nitrogens is 1. The van der Waals surface area contributed by atoms with Gasteiger partial charge in [0.15, 0.2) is 23.5 Å². The molecule has 0 saturated carbocycles. The molecule has 0 aromatic carbocycles. The highest BCUT2D eigenvalue weighted by molar-refractivity contribution is 6.02. The summed E-state index contributed by atoms with van der Waals surface area (Å²) in [5.41, 5.74) is 0. The Balaban J connectivity index is 1.57. The maximum absolute atomic E-state index is 13.0. The van der Waals surface area contributed by atoms with Crippen molar-refractivity contribution in [1.82, 2.24) is 10.3 Å². The van der Waals surface area contributed by atoms with Gasteiger partial charge in [-0.05, 0) is 26.0 Å². The van der Waals surface area contributed by atoms with Crippen molar-refractivity contribution in [3.63, 3.8) is 0 Å². The first-order valence-corrected chi connectivity index (χ1v) is 8.55. The number of carbonyl (C=O) groups excluding carboxylic acids is 2. The summed E-state index contributed by atoms with van der Waals surface area (Å²) in [4.78, 5) is 33.1. The fraction of sp³-hybridized carbons (Fsp3) is 0.588. The van der Waals surface area contributed by atoms with Gasteiger partial charge in [-0.15, -0.1) is 0 Å². The highest BCUT2D eigenvalue weighted by atomic mass is 16.8. The largest absolute Gasteiger partial charge is 0.488 e. The first-order valence-electron chi connectivity index (χ1n) is 8.55. The van der Waals surface area contributed by atoms with E-state index in [1.165, 1.54) is 4.90 Å². The van der Waals surface area contributed by atoms with Crippen LogP contribution in [0.1, 0.15) is 13.8 Å². The standard InChI is InChI=1S/C17H22N4O5/c1-17(2)25-12-11(19-15(22)13(12)26-17)16(23)21(4)10-6-5-9-14(18-10)20(3)7-8-24-9/h5-6,11-13H,7-8H2,1-4H3,(H,19,22). The topological polar surface area (TPSA) is 93.2 Å². The van der Waals surface area contributed by atoms with Crippen molar-refractivity contribution in [3.8, 4) is 5.75 Å². The second kappa shape index (κ2) is 5.82. The smallest absolute Gasteiger partial charge is 0.253 e. The Hall–Kier alpha value is -2.39. The molecule has 1 aromatic rings. The van der Waals surface area contributed by atoms with E-state index in [1.807, 2.05) is 11.9 Å². The van der Waals surface area contributed by atoms with Crippen LogP contribution < -0.4 is 19.9 Å². The molecule has 2 amide bonds. The van der Waals surface area contributed by atoms with Crippen LogP contribution in [-0.2, 0) is 19.1 Å². The summed E-state index contributed by atoms with van der Waals surface area (Å²) >= 11 is 0. The minimum atomic E-state index is -0.895. The van der Waals surface area contributed by atoms with E-state index in [1.54, 1.807) is 33.0 Å². The predicted molar refractivity (Wildman–Crippen MR) is 92.2 cm³/mol. The number of hydrogen-bond donors (Lipinski definition) is 1. The van der Waals surface area contributed by atoms with Crippen LogP contribution >= 0.6 is 0 Å². The first kappa shape index (κ1) is 17.0. The maximum atomic E-state index is 13.0. The molecule has 9 heteroatoms. The predicted octanol–water partition coefficient (Wildman–Crippen LogP) is -0.108. The third-order valence-electron chi connectivity index (χ3n) is 4.82. The van der Waals surface area contributed by atoms with Gasteiger partial charge in [-0.25, -0.2) is 4.98 Å². The third kappa shape index (κ3) is 2.67. The summed E-state index contributed by atoms with van der Waals surface area (Å²) < 4.78 is 16.9. The minimum Gasteiger partial charge on any atom is -0.488 e. The Morgan fingerprint density at radius 1 is 1.38 bits per heavy atom. The van der Waals surface area contributed by atoms with E-state index in [0.29, 0.717) is 24.0 Å². The third-order valence-corrected chi connectivity index (χ3v) is 4.82. The van der Waals surface area contributed by atoms with Gasteiger partial charge in [0.1, 0.15) is 24.6 Å². The quantitative estimate of drug-likeness (QED) is 0.785. The van der Waals surface area contributed by atoms with Crippen molar-refractivity contribution in [2.75, 3.05) is 37.0 Å². The molecule has 0 aliphatic carbocycles. The zero-order valence-electron chi connectivity index (χ0n) is 15.2. The van der Waals surface area contributed by atoms with Crippen LogP contribution in [0.15, 0.2) is 12.1 Å². The molecule has 0 bridgehead atoms. The molecule has 1 aromatic heterocycles. The van der Waals surface area contributed by atoms with Gasteiger partial charge in [0.2, 0.25) is 0 Å². The van der Waals surface area contributed by atoms with E-state index in [2.05, 4.69) is 10.3 Å². The van der Waals surface area contributed by atoms with Gasteiger partial charge in [-0.3, -0.25) is 14.5 Å². The molecule has 3 atom stereocenters. The van der Waals surface area contributed by atoms with Crippen LogP contribution in [0.5, 0.6) is 5.75 Å². The molecular formula is C17H22N4O5. The van der Waals surface area contributed by atoms with Crippen LogP contribution in [0.25, 0.3) is 0 Å². The number of ether oxygens (including phenoxy) is 3. The molecule has 0 radical (unpaired) electrons. The van der Waals surface area contributed by atoms with Crippen LogP contribution in [-0.4, -0.2) is 68.1 Å². The molecular weight excluding hydrogens is 340 g/mol. The lowest BCUT2D eigenvalue weighted by molar-refractivity contribution is -0.164. The average molecular weight is 362 g/mol. The van der Waals surface area contributed by atoms with Crippen molar-refractivity contribution in [2.24, 2.45) is 0 Å². The molecule has 3 unspecified atom stereocenters. The molecule has 26 heavy (non-hydrogen) atoms. The van der Waals surface area contributed by atoms with E-state index in [-0.39, 0.29) is 11.8 Å². The number of rotatable bonds is 2. The van der Waals surface area contributed by atoms with E-state index in [4.69, 9.17) is 14.2 Å². The van der Waals surface area contributed by atoms with Gasteiger partial charge in [-0.2, -0.15) is 0 Å². The monoisotopic (exact) mass is 362 g/mol. The minimum absolute atomic E-state index is 0.306. The highest BCUT2D eigenvalue weighted by Gasteiger charge is 2.56. The normalized spacial score (nSPS) is 28.8. The number of fused-ring (bicyclic) bond motifs is 2. The number of pyridine rings is 1. The number of anilines is 2. The van der Waals surface area contributed by atoms with Gasteiger partial charge in [0.25, 0.3) is 11.8 Å². The fourth-order valence-electron chi connectivity index (χ4n) is 3.47. The van der Waals surface area contributed by atoms with Gasteiger partial charge in [0.05, 0.1) is 6.54 Å². The zero-order chi connectivity index (χ0) is 18.6.